The normalized spacial score (nSPS) is 14.1. The lowest BCUT2D eigenvalue weighted by Gasteiger charge is -2.22. The van der Waals surface area contributed by atoms with Gasteiger partial charge in [-0.15, -0.1) is 0 Å². The second-order valence-electron chi connectivity index (χ2n) is 8.01. The highest BCUT2D eigenvalue weighted by atomic mass is 19.4. The lowest BCUT2D eigenvalue weighted by molar-refractivity contribution is -0.174. The first kappa shape index (κ1) is 33.1. The molecule has 0 unspecified atom stereocenters. The molecule has 0 aliphatic carbocycles. The molecule has 19 heteroatoms. The van der Waals surface area contributed by atoms with E-state index in [9.17, 15) is 83.8 Å². The first-order valence-corrected chi connectivity index (χ1v) is 9.83. The van der Waals surface area contributed by atoms with Crippen LogP contribution in [0.1, 0.15) is 44.5 Å². The van der Waals surface area contributed by atoms with Gasteiger partial charge in [0, 0.05) is 12.8 Å². The Hall–Kier alpha value is -3.15. The number of benzene rings is 2. The summed E-state index contributed by atoms with van der Waals surface area (Å²) in [6.07, 6.45) is -40.1. The van der Waals surface area contributed by atoms with E-state index in [1.165, 1.54) is 0 Å². The van der Waals surface area contributed by atoms with Gasteiger partial charge in [-0.05, 0) is 35.4 Å². The molecular weight excluding hydrogens is 610 g/mol. The topological polar surface area (TPSA) is 17.1 Å². The van der Waals surface area contributed by atoms with Gasteiger partial charge in [-0.25, -0.2) is 0 Å². The second kappa shape index (κ2) is 10.0. The summed E-state index contributed by atoms with van der Waals surface area (Å²) < 4.78 is 237. The predicted molar refractivity (Wildman–Crippen MR) is 95.3 cm³/mol. The Bertz CT molecular complexity index is 1100. The van der Waals surface area contributed by atoms with Gasteiger partial charge in [0.05, 0.1) is 33.4 Å². The Morgan fingerprint density at radius 2 is 0.600 bits per heavy atom. The summed E-state index contributed by atoms with van der Waals surface area (Å²) in [6, 6.07) is -2.09. The molecule has 0 spiro atoms. The van der Waals surface area contributed by atoms with E-state index in [1.807, 2.05) is 0 Å². The van der Waals surface area contributed by atoms with E-state index in [1.54, 1.807) is 0 Å². The molecule has 224 valence electrons. The number of Topliss-reactive ketones (excluding diaryl/α,β-unsaturated/α-hetero) is 1. The van der Waals surface area contributed by atoms with E-state index < -0.39 is 124 Å². The molecule has 0 saturated carbocycles. The molecule has 0 fully saturated rings. The Labute approximate surface area is 209 Å². The number of hydrogen-bond donors (Lipinski definition) is 0. The molecule has 0 N–H and O–H groups in total. The van der Waals surface area contributed by atoms with Gasteiger partial charge < -0.3 is 0 Å². The third kappa shape index (κ3) is 7.52. The van der Waals surface area contributed by atoms with E-state index in [2.05, 4.69) is 0 Å². The smallest absolute Gasteiger partial charge is 0.299 e. The molecule has 2 aromatic rings. The van der Waals surface area contributed by atoms with Crippen LogP contribution in [0.3, 0.4) is 0 Å². The lowest BCUT2D eigenvalue weighted by atomic mass is 9.91. The number of halogens is 18. The van der Waals surface area contributed by atoms with Crippen molar-refractivity contribution in [3.63, 3.8) is 0 Å². The van der Waals surface area contributed by atoms with Crippen molar-refractivity contribution in [1.82, 2.24) is 0 Å². The molecule has 0 heterocycles. The van der Waals surface area contributed by atoms with Crippen molar-refractivity contribution in [3.8, 4) is 0 Å². The van der Waals surface area contributed by atoms with Crippen LogP contribution in [-0.4, -0.2) is 5.78 Å². The molecule has 2 aromatic carbocycles. The minimum atomic E-state index is -6.22. The average molecular weight is 618 g/mol. The van der Waals surface area contributed by atoms with E-state index in [0.717, 1.165) is 0 Å². The van der Waals surface area contributed by atoms with Crippen LogP contribution in [0.4, 0.5) is 79.0 Å². The highest BCUT2D eigenvalue weighted by Gasteiger charge is 2.52. The van der Waals surface area contributed by atoms with Crippen LogP contribution in [0.15, 0.2) is 24.3 Å². The fourth-order valence-electron chi connectivity index (χ4n) is 3.63. The molecule has 0 radical (unpaired) electrons. The van der Waals surface area contributed by atoms with Crippen LogP contribution >= 0.6 is 0 Å². The first-order chi connectivity index (χ1) is 17.5. The van der Waals surface area contributed by atoms with Gasteiger partial charge in [-0.2, -0.15) is 79.0 Å². The zero-order valence-electron chi connectivity index (χ0n) is 18.4. The van der Waals surface area contributed by atoms with Gasteiger partial charge in [0.2, 0.25) is 0 Å². The third-order valence-electron chi connectivity index (χ3n) is 4.99. The predicted octanol–water partition coefficient (Wildman–Crippen LogP) is 9.15. The van der Waals surface area contributed by atoms with Crippen LogP contribution in [0.5, 0.6) is 0 Å². The van der Waals surface area contributed by atoms with Crippen LogP contribution in [-0.2, 0) is 54.7 Å². The molecular formula is C21H8F18O. The summed E-state index contributed by atoms with van der Waals surface area (Å²) >= 11 is 0. The van der Waals surface area contributed by atoms with Crippen LogP contribution in [0, 0.1) is 0 Å². The van der Waals surface area contributed by atoms with Crippen LogP contribution < -0.4 is 0 Å². The summed E-state index contributed by atoms with van der Waals surface area (Å²) in [5.74, 6) is -1.75. The van der Waals surface area contributed by atoms with Gasteiger partial charge in [0.1, 0.15) is 5.78 Å². The van der Waals surface area contributed by atoms with E-state index in [0.29, 0.717) is 0 Å². The largest absolute Gasteiger partial charge is 0.417 e. The van der Waals surface area contributed by atoms with E-state index in [-0.39, 0.29) is 0 Å². The number of carbonyl (C=O) groups is 1. The molecule has 0 aliphatic rings. The Morgan fingerprint density at radius 3 is 0.750 bits per heavy atom. The van der Waals surface area contributed by atoms with Crippen molar-refractivity contribution in [2.45, 2.75) is 49.9 Å². The quantitative estimate of drug-likeness (QED) is 0.313. The standard InChI is InChI=1S/C21H8F18O/c22-16(23,24)10-3-7(4-11(17(25,26)27)14(10)20(34,35)36)1-9(40)2-8-5-12(18(28,29)30)15(21(37,38)39)13(6-8)19(31,32)33/h3-6H,1-2H2. The van der Waals surface area contributed by atoms with Gasteiger partial charge in [0.15, 0.2) is 0 Å². The summed E-state index contributed by atoms with van der Waals surface area (Å²) in [4.78, 5) is 12.2. The maximum Gasteiger partial charge on any atom is 0.417 e. The number of hydrogen-bond acceptors (Lipinski definition) is 1. The van der Waals surface area contributed by atoms with Gasteiger partial charge in [-0.3, -0.25) is 4.79 Å². The van der Waals surface area contributed by atoms with Crippen molar-refractivity contribution in [2.24, 2.45) is 0 Å². The minimum Gasteiger partial charge on any atom is -0.299 e. The first-order valence-electron chi connectivity index (χ1n) is 9.83. The van der Waals surface area contributed by atoms with Gasteiger partial charge in [0.25, 0.3) is 0 Å². The summed E-state index contributed by atoms with van der Waals surface area (Å²) in [5, 5.41) is 0. The maximum atomic E-state index is 13.2. The number of carbonyl (C=O) groups excluding carboxylic acids is 1. The number of rotatable bonds is 4. The monoisotopic (exact) mass is 618 g/mol. The van der Waals surface area contributed by atoms with Gasteiger partial charge >= 0.3 is 37.1 Å². The van der Waals surface area contributed by atoms with Gasteiger partial charge in [-0.1, -0.05) is 0 Å². The molecule has 40 heavy (non-hydrogen) atoms. The van der Waals surface area contributed by atoms with E-state index >= 15 is 0 Å². The highest BCUT2D eigenvalue weighted by Crippen LogP contribution is 2.49. The molecule has 0 atom stereocenters. The van der Waals surface area contributed by atoms with Crippen molar-refractivity contribution >= 4 is 5.78 Å². The zero-order valence-corrected chi connectivity index (χ0v) is 18.4. The molecule has 2 rings (SSSR count). The fourth-order valence-corrected chi connectivity index (χ4v) is 3.63. The molecule has 0 amide bonds. The SMILES string of the molecule is O=C(Cc1cc(C(F)(F)F)c(C(F)(F)F)c(C(F)(F)F)c1)Cc1cc(C(F)(F)F)c(C(F)(F)F)c(C(F)(F)F)c1. The average Bonchev–Trinajstić information content (AvgIpc) is 2.68. The van der Waals surface area contributed by atoms with Crippen molar-refractivity contribution in [3.05, 3.63) is 68.8 Å². The van der Waals surface area contributed by atoms with Crippen molar-refractivity contribution < 1.29 is 83.8 Å². The third-order valence-corrected chi connectivity index (χ3v) is 4.99. The summed E-state index contributed by atoms with van der Waals surface area (Å²) in [6.45, 7) is 0. The summed E-state index contributed by atoms with van der Waals surface area (Å²) in [7, 11) is 0. The van der Waals surface area contributed by atoms with Crippen molar-refractivity contribution in [1.29, 1.82) is 0 Å². The summed E-state index contributed by atoms with van der Waals surface area (Å²) in [5.41, 5.74) is -20.8. The molecule has 0 saturated heterocycles. The fraction of sp³-hybridized carbons (Fsp3) is 0.381. The molecule has 0 bridgehead atoms. The van der Waals surface area contributed by atoms with E-state index in [4.69, 9.17) is 0 Å². The number of alkyl halides is 18. The lowest BCUT2D eigenvalue weighted by Crippen LogP contribution is -2.24. The molecule has 1 nitrogen and oxygen atoms in total. The minimum absolute atomic E-state index is 0.523. The maximum absolute atomic E-state index is 13.2. The van der Waals surface area contributed by atoms with Crippen LogP contribution in [0.25, 0.3) is 0 Å². The number of ketones is 1. The van der Waals surface area contributed by atoms with Crippen LogP contribution in [0.2, 0.25) is 0 Å². The zero-order chi connectivity index (χ0) is 31.4. The Morgan fingerprint density at radius 1 is 0.400 bits per heavy atom. The van der Waals surface area contributed by atoms with Crippen molar-refractivity contribution in [2.75, 3.05) is 0 Å². The highest BCUT2D eigenvalue weighted by molar-refractivity contribution is 5.83. The second-order valence-corrected chi connectivity index (χ2v) is 8.01. The molecule has 0 aromatic heterocycles. The molecule has 0 aliphatic heterocycles. The Balaban J connectivity index is 2.68. The Kier molecular flexibility index (Phi) is 8.30.